The Kier molecular flexibility index (Phi) is 3.02. The third kappa shape index (κ3) is 2.55. The molecule has 1 aliphatic heterocycles. The van der Waals surface area contributed by atoms with Crippen LogP contribution in [0.1, 0.15) is 12.0 Å². The second kappa shape index (κ2) is 4.33. The highest BCUT2D eigenvalue weighted by molar-refractivity contribution is 5.70. The maximum absolute atomic E-state index is 13.0. The minimum atomic E-state index is -0.834. The molecule has 0 spiro atoms. The molecule has 3 N–H and O–H groups in total. The number of nitrogens with one attached hydrogen (secondary N) is 2. The third-order valence-electron chi connectivity index (χ3n) is 3.00. The lowest BCUT2D eigenvalue weighted by molar-refractivity contribution is -0.138. The highest BCUT2D eigenvalue weighted by Crippen LogP contribution is 2.25. The van der Waals surface area contributed by atoms with E-state index in [1.54, 1.807) is 13.0 Å². The summed E-state index contributed by atoms with van der Waals surface area (Å²) >= 11 is 0. The quantitative estimate of drug-likeness (QED) is 0.741. The Labute approximate surface area is 98.8 Å². The molecule has 0 atom stereocenters. The number of aliphatic carboxylic acids is 1. The van der Waals surface area contributed by atoms with Crippen molar-refractivity contribution in [1.82, 2.24) is 5.32 Å². The summed E-state index contributed by atoms with van der Waals surface area (Å²) in [5.41, 5.74) is 1.12. The molecular weight excluding hydrogens is 223 g/mol. The van der Waals surface area contributed by atoms with Gasteiger partial charge in [-0.2, -0.15) is 0 Å². The van der Waals surface area contributed by atoms with E-state index in [2.05, 4.69) is 10.6 Å². The van der Waals surface area contributed by atoms with E-state index < -0.39 is 11.5 Å². The lowest BCUT2D eigenvalue weighted by Crippen LogP contribution is -2.65. The van der Waals surface area contributed by atoms with Gasteiger partial charge in [-0.3, -0.25) is 4.79 Å². The fourth-order valence-electron chi connectivity index (χ4n) is 2.03. The molecule has 0 saturated carbocycles. The molecule has 4 nitrogen and oxygen atoms in total. The molecule has 1 saturated heterocycles. The Morgan fingerprint density at radius 2 is 2.29 bits per heavy atom. The van der Waals surface area contributed by atoms with Crippen LogP contribution in [0.4, 0.5) is 10.1 Å². The topological polar surface area (TPSA) is 61.4 Å². The number of aryl methyl sites for hydroxylation is 1. The molecule has 1 fully saturated rings. The number of hydrogen-bond donors (Lipinski definition) is 3. The standard InChI is InChI=1S/C12H15FN2O2/c1-8-4-9(13)2-3-10(8)15-12(5-11(16)17)6-14-7-12/h2-4,14-15H,5-7H2,1H3,(H,16,17). The zero-order valence-corrected chi connectivity index (χ0v) is 9.59. The summed E-state index contributed by atoms with van der Waals surface area (Å²) in [5.74, 6) is -1.12. The Hall–Kier alpha value is -1.62. The molecule has 1 heterocycles. The van der Waals surface area contributed by atoms with Crippen LogP contribution in [0.25, 0.3) is 0 Å². The van der Waals surface area contributed by atoms with Gasteiger partial charge in [0.25, 0.3) is 0 Å². The summed E-state index contributed by atoms with van der Waals surface area (Å²) < 4.78 is 13.0. The van der Waals surface area contributed by atoms with Crippen molar-refractivity contribution in [3.63, 3.8) is 0 Å². The average molecular weight is 238 g/mol. The van der Waals surface area contributed by atoms with Gasteiger partial charge >= 0.3 is 5.97 Å². The van der Waals surface area contributed by atoms with E-state index in [4.69, 9.17) is 5.11 Å². The van der Waals surface area contributed by atoms with Crippen molar-refractivity contribution >= 4 is 11.7 Å². The smallest absolute Gasteiger partial charge is 0.305 e. The van der Waals surface area contributed by atoms with Crippen molar-refractivity contribution in [3.8, 4) is 0 Å². The van der Waals surface area contributed by atoms with Crippen LogP contribution < -0.4 is 10.6 Å². The zero-order valence-electron chi connectivity index (χ0n) is 9.59. The Balaban J connectivity index is 2.15. The van der Waals surface area contributed by atoms with Gasteiger partial charge in [0.05, 0.1) is 12.0 Å². The van der Waals surface area contributed by atoms with Gasteiger partial charge in [0.2, 0.25) is 0 Å². The summed E-state index contributed by atoms with van der Waals surface area (Å²) in [6, 6.07) is 4.45. The molecule has 0 aromatic heterocycles. The maximum Gasteiger partial charge on any atom is 0.305 e. The van der Waals surface area contributed by atoms with E-state index in [0.29, 0.717) is 13.1 Å². The molecule has 1 aromatic rings. The van der Waals surface area contributed by atoms with E-state index in [1.165, 1.54) is 12.1 Å². The molecule has 0 unspecified atom stereocenters. The van der Waals surface area contributed by atoms with E-state index in [1.807, 2.05) is 0 Å². The van der Waals surface area contributed by atoms with Crippen LogP contribution in [0.3, 0.4) is 0 Å². The molecule has 92 valence electrons. The summed E-state index contributed by atoms with van der Waals surface area (Å²) in [7, 11) is 0. The minimum absolute atomic E-state index is 0.0524. The summed E-state index contributed by atoms with van der Waals surface area (Å²) in [6.07, 6.45) is 0.0524. The van der Waals surface area contributed by atoms with Gasteiger partial charge in [0, 0.05) is 18.8 Å². The second-order valence-corrected chi connectivity index (χ2v) is 4.54. The first-order valence-corrected chi connectivity index (χ1v) is 5.48. The van der Waals surface area contributed by atoms with Crippen LogP contribution in [-0.2, 0) is 4.79 Å². The van der Waals surface area contributed by atoms with Crippen LogP contribution in [-0.4, -0.2) is 29.7 Å². The van der Waals surface area contributed by atoms with Crippen LogP contribution in [0.2, 0.25) is 0 Å². The molecule has 0 amide bonds. The van der Waals surface area contributed by atoms with Crippen LogP contribution in [0.15, 0.2) is 18.2 Å². The number of hydrogen-bond acceptors (Lipinski definition) is 3. The van der Waals surface area contributed by atoms with E-state index in [0.717, 1.165) is 11.3 Å². The van der Waals surface area contributed by atoms with Gasteiger partial charge in [-0.05, 0) is 30.7 Å². The van der Waals surface area contributed by atoms with Gasteiger partial charge in [-0.1, -0.05) is 0 Å². The predicted octanol–water partition coefficient (Wildman–Crippen LogP) is 1.36. The zero-order chi connectivity index (χ0) is 12.5. The Morgan fingerprint density at radius 1 is 1.59 bits per heavy atom. The van der Waals surface area contributed by atoms with Crippen molar-refractivity contribution in [1.29, 1.82) is 0 Å². The van der Waals surface area contributed by atoms with Gasteiger partial charge in [-0.15, -0.1) is 0 Å². The van der Waals surface area contributed by atoms with Crippen molar-refractivity contribution in [2.45, 2.75) is 18.9 Å². The lowest BCUT2D eigenvalue weighted by atomic mass is 9.88. The SMILES string of the molecule is Cc1cc(F)ccc1NC1(CC(=O)O)CNC1. The Morgan fingerprint density at radius 3 is 2.76 bits per heavy atom. The Bertz CT molecular complexity index is 444. The molecule has 0 radical (unpaired) electrons. The summed E-state index contributed by atoms with van der Waals surface area (Å²) in [4.78, 5) is 10.8. The number of carbonyl (C=O) groups is 1. The lowest BCUT2D eigenvalue weighted by Gasteiger charge is -2.43. The average Bonchev–Trinajstić information content (AvgIpc) is 2.18. The highest BCUT2D eigenvalue weighted by Gasteiger charge is 2.39. The van der Waals surface area contributed by atoms with Gasteiger partial charge < -0.3 is 15.7 Å². The fourth-order valence-corrected chi connectivity index (χ4v) is 2.03. The van der Waals surface area contributed by atoms with E-state index in [9.17, 15) is 9.18 Å². The molecule has 17 heavy (non-hydrogen) atoms. The molecule has 0 aliphatic carbocycles. The van der Waals surface area contributed by atoms with Crippen molar-refractivity contribution in [2.24, 2.45) is 0 Å². The summed E-state index contributed by atoms with van der Waals surface area (Å²) in [5, 5.41) is 15.1. The van der Waals surface area contributed by atoms with Gasteiger partial charge in [-0.25, -0.2) is 4.39 Å². The monoisotopic (exact) mass is 238 g/mol. The first-order chi connectivity index (χ1) is 8.01. The highest BCUT2D eigenvalue weighted by atomic mass is 19.1. The number of anilines is 1. The van der Waals surface area contributed by atoms with Crippen molar-refractivity contribution in [2.75, 3.05) is 18.4 Å². The molecular formula is C12H15FN2O2. The number of halogens is 1. The van der Waals surface area contributed by atoms with Crippen LogP contribution >= 0.6 is 0 Å². The number of benzene rings is 1. The largest absolute Gasteiger partial charge is 0.481 e. The van der Waals surface area contributed by atoms with Crippen LogP contribution in [0.5, 0.6) is 0 Å². The minimum Gasteiger partial charge on any atom is -0.481 e. The van der Waals surface area contributed by atoms with Crippen LogP contribution in [0, 0.1) is 12.7 Å². The summed E-state index contributed by atoms with van der Waals surface area (Å²) in [6.45, 7) is 3.01. The number of carboxylic acids is 1. The number of rotatable bonds is 4. The molecule has 0 bridgehead atoms. The second-order valence-electron chi connectivity index (χ2n) is 4.54. The molecule has 5 heteroatoms. The number of carboxylic acid groups (broad SMARTS) is 1. The first-order valence-electron chi connectivity index (χ1n) is 5.48. The van der Waals surface area contributed by atoms with E-state index in [-0.39, 0.29) is 12.2 Å². The molecule has 1 aromatic carbocycles. The van der Waals surface area contributed by atoms with Gasteiger partial charge in [0.15, 0.2) is 0 Å². The molecule has 1 aliphatic rings. The fraction of sp³-hybridized carbons (Fsp3) is 0.417. The predicted molar refractivity (Wildman–Crippen MR) is 62.6 cm³/mol. The van der Waals surface area contributed by atoms with Gasteiger partial charge in [0.1, 0.15) is 5.82 Å². The van der Waals surface area contributed by atoms with Crippen molar-refractivity contribution in [3.05, 3.63) is 29.6 Å². The maximum atomic E-state index is 13.0. The normalized spacial score (nSPS) is 17.3. The third-order valence-corrected chi connectivity index (χ3v) is 3.00. The van der Waals surface area contributed by atoms with Crippen molar-refractivity contribution < 1.29 is 14.3 Å². The first kappa shape index (κ1) is 11.9. The van der Waals surface area contributed by atoms with E-state index >= 15 is 0 Å². The molecule has 2 rings (SSSR count).